The van der Waals surface area contributed by atoms with E-state index in [0.29, 0.717) is 0 Å². The minimum Gasteiger partial charge on any atom is -0.396 e. The van der Waals surface area contributed by atoms with Crippen molar-refractivity contribution in [1.29, 1.82) is 0 Å². The summed E-state index contributed by atoms with van der Waals surface area (Å²) in [5.74, 6) is -1.80. The molecule has 0 aliphatic rings. The van der Waals surface area contributed by atoms with Gasteiger partial charge in [0, 0.05) is 6.54 Å². The molecule has 92 valence electrons. The van der Waals surface area contributed by atoms with E-state index < -0.39 is 17.6 Å². The number of hydrogen-bond acceptors (Lipinski definition) is 3. The van der Waals surface area contributed by atoms with Crippen molar-refractivity contribution in [2.24, 2.45) is 5.73 Å². The average Bonchev–Trinajstić information content (AvgIpc) is 2.28. The molecule has 0 spiro atoms. The molecule has 0 aromatic heterocycles. The van der Waals surface area contributed by atoms with E-state index >= 15 is 0 Å². The van der Waals surface area contributed by atoms with Crippen LogP contribution in [0, 0.1) is 5.82 Å². The Bertz CT molecular complexity index is 448. The highest BCUT2D eigenvalue weighted by Crippen LogP contribution is 2.17. The summed E-state index contributed by atoms with van der Waals surface area (Å²) in [5, 5.41) is 0. The van der Waals surface area contributed by atoms with Crippen molar-refractivity contribution in [3.05, 3.63) is 29.6 Å². The van der Waals surface area contributed by atoms with Crippen molar-refractivity contribution in [2.75, 3.05) is 18.8 Å². The summed E-state index contributed by atoms with van der Waals surface area (Å²) in [6, 6.07) is 3.96. The van der Waals surface area contributed by atoms with Crippen LogP contribution in [0.4, 0.5) is 10.1 Å². The third-order valence-corrected chi connectivity index (χ3v) is 2.30. The predicted octanol–water partition coefficient (Wildman–Crippen LogP) is 0.355. The van der Waals surface area contributed by atoms with Crippen LogP contribution in [-0.2, 0) is 4.79 Å². The van der Waals surface area contributed by atoms with Gasteiger partial charge in [0.05, 0.1) is 17.8 Å². The van der Waals surface area contributed by atoms with Crippen LogP contribution >= 0.6 is 0 Å². The van der Waals surface area contributed by atoms with E-state index in [2.05, 4.69) is 0 Å². The predicted molar refractivity (Wildman–Crippen MR) is 61.6 cm³/mol. The normalized spacial score (nSPS) is 10.0. The van der Waals surface area contributed by atoms with E-state index in [4.69, 9.17) is 11.5 Å². The van der Waals surface area contributed by atoms with Crippen LogP contribution in [0.1, 0.15) is 17.3 Å². The van der Waals surface area contributed by atoms with Gasteiger partial charge in [0.25, 0.3) is 5.91 Å². The maximum absolute atomic E-state index is 13.2. The number of nitrogens with zero attached hydrogens (tertiary/aromatic N) is 1. The first-order valence-electron chi connectivity index (χ1n) is 5.09. The van der Waals surface area contributed by atoms with Gasteiger partial charge in [0.15, 0.2) is 0 Å². The van der Waals surface area contributed by atoms with Crippen molar-refractivity contribution >= 4 is 17.5 Å². The number of likely N-dealkylation sites (N-methyl/N-ethyl adjacent to an activating group) is 1. The Hall–Kier alpha value is -2.11. The monoisotopic (exact) mass is 239 g/mol. The molecule has 1 aromatic rings. The van der Waals surface area contributed by atoms with Crippen molar-refractivity contribution in [3.8, 4) is 0 Å². The fourth-order valence-corrected chi connectivity index (χ4v) is 1.41. The summed E-state index contributed by atoms with van der Waals surface area (Å²) in [6.07, 6.45) is 0. The van der Waals surface area contributed by atoms with E-state index in [1.807, 2.05) is 0 Å². The smallest absolute Gasteiger partial charge is 0.256 e. The van der Waals surface area contributed by atoms with Gasteiger partial charge in [0.2, 0.25) is 5.91 Å². The van der Waals surface area contributed by atoms with E-state index in [9.17, 15) is 14.0 Å². The summed E-state index contributed by atoms with van der Waals surface area (Å²) < 4.78 is 13.2. The zero-order valence-electron chi connectivity index (χ0n) is 9.44. The van der Waals surface area contributed by atoms with Gasteiger partial charge < -0.3 is 16.4 Å². The minimum atomic E-state index is -0.661. The van der Waals surface area contributed by atoms with Crippen LogP contribution in [0.15, 0.2) is 18.2 Å². The fourth-order valence-electron chi connectivity index (χ4n) is 1.41. The number of rotatable bonds is 4. The van der Waals surface area contributed by atoms with Crippen molar-refractivity contribution < 1.29 is 14.0 Å². The van der Waals surface area contributed by atoms with Crippen LogP contribution in [0.25, 0.3) is 0 Å². The van der Waals surface area contributed by atoms with Crippen LogP contribution in [0.5, 0.6) is 0 Å². The molecule has 0 heterocycles. The first kappa shape index (κ1) is 13.0. The highest BCUT2D eigenvalue weighted by molar-refractivity contribution is 6.00. The number of anilines is 1. The van der Waals surface area contributed by atoms with Gasteiger partial charge in [-0.15, -0.1) is 0 Å². The van der Waals surface area contributed by atoms with Crippen molar-refractivity contribution in [3.63, 3.8) is 0 Å². The minimum absolute atomic E-state index is 0.0353. The van der Waals surface area contributed by atoms with Crippen LogP contribution < -0.4 is 11.5 Å². The lowest BCUT2D eigenvalue weighted by atomic mass is 10.1. The highest BCUT2D eigenvalue weighted by atomic mass is 19.1. The van der Waals surface area contributed by atoms with Crippen molar-refractivity contribution in [1.82, 2.24) is 4.90 Å². The number of para-hydroxylation sites is 1. The molecular weight excluding hydrogens is 225 g/mol. The lowest BCUT2D eigenvalue weighted by Crippen LogP contribution is -2.38. The maximum Gasteiger partial charge on any atom is 0.256 e. The Labute approximate surface area is 98.2 Å². The van der Waals surface area contributed by atoms with Crippen LogP contribution in [0.2, 0.25) is 0 Å². The number of nitrogens with two attached hydrogens (primary N) is 2. The maximum atomic E-state index is 13.2. The molecule has 0 fully saturated rings. The Morgan fingerprint density at radius 1 is 1.41 bits per heavy atom. The average molecular weight is 239 g/mol. The zero-order chi connectivity index (χ0) is 13.0. The molecule has 0 saturated carbocycles. The number of carbonyl (C=O) groups is 2. The standard InChI is InChI=1S/C11H14FN3O2/c1-2-15(6-9(13)16)11(17)7-4-3-5-8(12)10(7)14/h3-5H,2,6,14H2,1H3,(H2,13,16). The molecule has 0 aliphatic carbocycles. The van der Waals surface area contributed by atoms with E-state index in [1.165, 1.54) is 17.0 Å². The molecule has 0 atom stereocenters. The summed E-state index contributed by atoms with van der Waals surface area (Å²) in [4.78, 5) is 23.9. The second kappa shape index (κ2) is 5.29. The fraction of sp³-hybridized carbons (Fsp3) is 0.273. The van der Waals surface area contributed by atoms with Crippen molar-refractivity contribution in [2.45, 2.75) is 6.92 Å². The van der Waals surface area contributed by atoms with Gasteiger partial charge in [-0.25, -0.2) is 4.39 Å². The van der Waals surface area contributed by atoms with Gasteiger partial charge in [-0.3, -0.25) is 9.59 Å². The van der Waals surface area contributed by atoms with Gasteiger partial charge in [-0.1, -0.05) is 6.07 Å². The first-order chi connectivity index (χ1) is 7.97. The lowest BCUT2D eigenvalue weighted by Gasteiger charge is -2.19. The highest BCUT2D eigenvalue weighted by Gasteiger charge is 2.19. The molecular formula is C11H14FN3O2. The topological polar surface area (TPSA) is 89.4 Å². The molecule has 0 aliphatic heterocycles. The second-order valence-electron chi connectivity index (χ2n) is 3.49. The molecule has 1 aromatic carbocycles. The summed E-state index contributed by atoms with van der Waals surface area (Å²) in [6.45, 7) is 1.76. The Balaban J connectivity index is 3.02. The summed E-state index contributed by atoms with van der Waals surface area (Å²) >= 11 is 0. The summed E-state index contributed by atoms with van der Waals surface area (Å²) in [5.41, 5.74) is 10.3. The third kappa shape index (κ3) is 2.93. The number of benzene rings is 1. The number of nitrogen functional groups attached to an aromatic ring is 1. The molecule has 4 N–H and O–H groups in total. The van der Waals surface area contributed by atoms with E-state index in [-0.39, 0.29) is 24.3 Å². The second-order valence-corrected chi connectivity index (χ2v) is 3.49. The van der Waals surface area contributed by atoms with Gasteiger partial charge >= 0.3 is 0 Å². The SMILES string of the molecule is CCN(CC(N)=O)C(=O)c1cccc(F)c1N. The largest absolute Gasteiger partial charge is 0.396 e. The molecule has 0 radical (unpaired) electrons. The number of primary amides is 1. The Morgan fingerprint density at radius 3 is 2.59 bits per heavy atom. The summed E-state index contributed by atoms with van der Waals surface area (Å²) in [7, 11) is 0. The van der Waals surface area contributed by atoms with Gasteiger partial charge in [0.1, 0.15) is 5.82 Å². The Kier molecular flexibility index (Phi) is 4.03. The van der Waals surface area contributed by atoms with E-state index in [0.717, 1.165) is 6.07 Å². The number of amides is 2. The molecule has 1 rings (SSSR count). The van der Waals surface area contributed by atoms with Gasteiger partial charge in [-0.05, 0) is 19.1 Å². The first-order valence-corrected chi connectivity index (χ1v) is 5.09. The Morgan fingerprint density at radius 2 is 2.06 bits per heavy atom. The molecule has 0 unspecified atom stereocenters. The molecule has 0 saturated heterocycles. The molecule has 5 nitrogen and oxygen atoms in total. The van der Waals surface area contributed by atoms with Crippen LogP contribution in [-0.4, -0.2) is 29.8 Å². The molecule has 17 heavy (non-hydrogen) atoms. The quantitative estimate of drug-likeness (QED) is 0.743. The number of halogens is 1. The molecule has 0 bridgehead atoms. The number of hydrogen-bond donors (Lipinski definition) is 2. The van der Waals surface area contributed by atoms with Gasteiger partial charge in [-0.2, -0.15) is 0 Å². The number of carbonyl (C=O) groups excluding carboxylic acids is 2. The molecule has 2 amide bonds. The lowest BCUT2D eigenvalue weighted by molar-refractivity contribution is -0.118. The van der Waals surface area contributed by atoms with Crippen LogP contribution in [0.3, 0.4) is 0 Å². The third-order valence-electron chi connectivity index (χ3n) is 2.30. The van der Waals surface area contributed by atoms with E-state index in [1.54, 1.807) is 6.92 Å². The molecule has 6 heteroatoms. The zero-order valence-corrected chi connectivity index (χ0v) is 9.44.